The average molecular weight is 382 g/mol. The summed E-state index contributed by atoms with van der Waals surface area (Å²) < 4.78 is 13.4. The third-order valence-corrected chi connectivity index (χ3v) is 5.58. The van der Waals surface area contributed by atoms with Gasteiger partial charge in [0.05, 0.1) is 13.7 Å². The van der Waals surface area contributed by atoms with E-state index in [9.17, 15) is 0 Å². The van der Waals surface area contributed by atoms with Crippen LogP contribution in [0.4, 0.5) is 0 Å². The van der Waals surface area contributed by atoms with Crippen molar-refractivity contribution >= 4 is 11.8 Å². The second-order valence-electron chi connectivity index (χ2n) is 6.12. The van der Waals surface area contributed by atoms with Gasteiger partial charge in [0.2, 0.25) is 5.16 Å². The van der Waals surface area contributed by atoms with Crippen molar-refractivity contribution in [3.8, 4) is 22.9 Å². The summed E-state index contributed by atoms with van der Waals surface area (Å²) in [5, 5.41) is 9.51. The van der Waals surface area contributed by atoms with E-state index >= 15 is 0 Å². The predicted octanol–water partition coefficient (Wildman–Crippen LogP) is 4.26. The lowest BCUT2D eigenvalue weighted by molar-refractivity contribution is 0.332. The first-order chi connectivity index (χ1) is 13.2. The third kappa shape index (κ3) is 3.23. The molecule has 1 aromatic heterocycles. The number of aromatic nitrogens is 3. The predicted molar refractivity (Wildman–Crippen MR) is 107 cm³/mol. The first-order valence-electron chi connectivity index (χ1n) is 9.02. The molecule has 0 radical (unpaired) electrons. The van der Waals surface area contributed by atoms with Gasteiger partial charge in [-0.25, -0.2) is 4.68 Å². The Labute approximate surface area is 162 Å². The van der Waals surface area contributed by atoms with Crippen molar-refractivity contribution in [3.05, 3.63) is 53.6 Å². The highest BCUT2D eigenvalue weighted by molar-refractivity contribution is 7.99. The molecule has 1 N–H and O–H groups in total. The maximum absolute atomic E-state index is 5.78. The van der Waals surface area contributed by atoms with Gasteiger partial charge in [-0.1, -0.05) is 49.0 Å². The fourth-order valence-electron chi connectivity index (χ4n) is 3.19. The van der Waals surface area contributed by atoms with Crippen LogP contribution in [0.25, 0.3) is 11.4 Å². The third-order valence-electron chi connectivity index (χ3n) is 4.51. The van der Waals surface area contributed by atoms with E-state index in [2.05, 4.69) is 28.6 Å². The van der Waals surface area contributed by atoms with Crippen LogP contribution in [0.3, 0.4) is 0 Å². The molecule has 1 aliphatic rings. The normalized spacial score (nSPS) is 15.3. The molecule has 0 bridgehead atoms. The Morgan fingerprint density at radius 1 is 1.11 bits per heavy atom. The lowest BCUT2D eigenvalue weighted by atomic mass is 10.1. The zero-order valence-corrected chi connectivity index (χ0v) is 16.4. The van der Waals surface area contributed by atoms with Crippen molar-refractivity contribution in [1.82, 2.24) is 14.9 Å². The molecule has 0 spiro atoms. The van der Waals surface area contributed by atoms with E-state index in [1.807, 2.05) is 48.0 Å². The van der Waals surface area contributed by atoms with Gasteiger partial charge in [-0.3, -0.25) is 0 Å². The van der Waals surface area contributed by atoms with Gasteiger partial charge in [0.1, 0.15) is 16.9 Å². The molecule has 2 heterocycles. The van der Waals surface area contributed by atoms with Crippen LogP contribution in [0.5, 0.6) is 11.5 Å². The Balaban J connectivity index is 1.68. The molecule has 6 nitrogen and oxygen atoms in total. The summed E-state index contributed by atoms with van der Waals surface area (Å²) in [6.45, 7) is 4.75. The van der Waals surface area contributed by atoms with Crippen LogP contribution >= 0.6 is 11.8 Å². The zero-order chi connectivity index (χ0) is 18.8. The number of aryl methyl sites for hydroxylation is 1. The molecule has 4 rings (SSSR count). The van der Waals surface area contributed by atoms with E-state index in [1.165, 1.54) is 5.56 Å². The van der Waals surface area contributed by atoms with Gasteiger partial charge in [-0.05, 0) is 25.0 Å². The largest absolute Gasteiger partial charge is 0.496 e. The fourth-order valence-corrected chi connectivity index (χ4v) is 4.20. The van der Waals surface area contributed by atoms with Crippen molar-refractivity contribution in [2.75, 3.05) is 19.1 Å². The minimum atomic E-state index is -0.00566. The molecule has 7 heteroatoms. The standard InChI is InChI=1S/C20H22N4O2S/c1-4-13-11-15(17(25-3)12-16(13)26-5-2)19-23-24-18(21-22-20(24)27-19)14-9-7-6-8-10-14/h6-12,19,23H,4-5H2,1-3H3. The molecule has 0 saturated heterocycles. The molecule has 0 saturated carbocycles. The lowest BCUT2D eigenvalue weighted by Gasteiger charge is -2.19. The molecular weight excluding hydrogens is 360 g/mol. The molecule has 0 aliphatic carbocycles. The Morgan fingerprint density at radius 3 is 2.63 bits per heavy atom. The minimum Gasteiger partial charge on any atom is -0.496 e. The Kier molecular flexibility index (Phi) is 4.94. The van der Waals surface area contributed by atoms with Crippen molar-refractivity contribution in [3.63, 3.8) is 0 Å². The molecule has 3 aromatic rings. The van der Waals surface area contributed by atoms with Crippen LogP contribution in [-0.2, 0) is 6.42 Å². The SMILES string of the molecule is CCOc1cc(OC)c(C2Nn3c(nnc3-c3ccccc3)S2)cc1CC. The van der Waals surface area contributed by atoms with Gasteiger partial charge in [-0.2, -0.15) is 0 Å². The number of hydrogen-bond acceptors (Lipinski definition) is 6. The summed E-state index contributed by atoms with van der Waals surface area (Å²) in [6, 6.07) is 14.2. The Bertz CT molecular complexity index is 943. The number of thioether (sulfide) groups is 1. The number of nitrogens with zero attached hydrogens (tertiary/aromatic N) is 3. The fraction of sp³-hybridized carbons (Fsp3) is 0.300. The number of benzene rings is 2. The van der Waals surface area contributed by atoms with Gasteiger partial charge in [0.15, 0.2) is 5.82 Å². The second kappa shape index (κ2) is 7.52. The van der Waals surface area contributed by atoms with E-state index in [0.29, 0.717) is 6.61 Å². The number of methoxy groups -OCH3 is 1. The summed E-state index contributed by atoms with van der Waals surface area (Å²) in [5.41, 5.74) is 6.78. The quantitative estimate of drug-likeness (QED) is 0.687. The van der Waals surface area contributed by atoms with E-state index in [-0.39, 0.29) is 5.37 Å². The lowest BCUT2D eigenvalue weighted by Crippen LogP contribution is -2.15. The van der Waals surface area contributed by atoms with Crippen molar-refractivity contribution in [2.45, 2.75) is 30.8 Å². The molecule has 0 amide bonds. The Hall–Kier alpha value is -2.67. The van der Waals surface area contributed by atoms with Gasteiger partial charge in [-0.15, -0.1) is 10.2 Å². The molecule has 1 unspecified atom stereocenters. The highest BCUT2D eigenvalue weighted by Gasteiger charge is 2.30. The molecule has 140 valence electrons. The Morgan fingerprint density at radius 2 is 1.93 bits per heavy atom. The minimum absolute atomic E-state index is 0.00566. The van der Waals surface area contributed by atoms with E-state index < -0.39 is 0 Å². The van der Waals surface area contributed by atoms with Crippen molar-refractivity contribution in [1.29, 1.82) is 0 Å². The van der Waals surface area contributed by atoms with Crippen LogP contribution in [0.15, 0.2) is 47.6 Å². The molecule has 1 aliphatic heterocycles. The maximum atomic E-state index is 5.78. The number of rotatable bonds is 6. The summed E-state index contributed by atoms with van der Waals surface area (Å²) in [5.74, 6) is 2.50. The number of hydrogen-bond donors (Lipinski definition) is 1. The number of fused-ring (bicyclic) bond motifs is 1. The molecule has 27 heavy (non-hydrogen) atoms. The van der Waals surface area contributed by atoms with Gasteiger partial charge in [0, 0.05) is 17.2 Å². The van der Waals surface area contributed by atoms with Crippen LogP contribution in [0, 0.1) is 0 Å². The monoisotopic (exact) mass is 382 g/mol. The van der Waals surface area contributed by atoms with Crippen molar-refractivity contribution < 1.29 is 9.47 Å². The number of ether oxygens (including phenoxy) is 2. The maximum Gasteiger partial charge on any atom is 0.212 e. The zero-order valence-electron chi connectivity index (χ0n) is 15.6. The topological polar surface area (TPSA) is 61.2 Å². The van der Waals surface area contributed by atoms with Crippen molar-refractivity contribution in [2.24, 2.45) is 0 Å². The van der Waals surface area contributed by atoms with E-state index in [1.54, 1.807) is 18.9 Å². The van der Waals surface area contributed by atoms with E-state index in [0.717, 1.165) is 40.0 Å². The summed E-state index contributed by atoms with van der Waals surface area (Å²) >= 11 is 1.63. The summed E-state index contributed by atoms with van der Waals surface area (Å²) in [4.78, 5) is 0. The van der Waals surface area contributed by atoms with Gasteiger partial charge in [0.25, 0.3) is 0 Å². The molecular formula is C20H22N4O2S. The smallest absolute Gasteiger partial charge is 0.212 e. The molecule has 0 fully saturated rings. The second-order valence-corrected chi connectivity index (χ2v) is 7.20. The number of nitrogens with one attached hydrogen (secondary N) is 1. The first kappa shape index (κ1) is 17.7. The van der Waals surface area contributed by atoms with Crippen LogP contribution in [0.1, 0.15) is 30.3 Å². The van der Waals surface area contributed by atoms with Gasteiger partial charge < -0.3 is 14.9 Å². The van der Waals surface area contributed by atoms with Crippen LogP contribution in [-0.4, -0.2) is 28.6 Å². The highest BCUT2D eigenvalue weighted by atomic mass is 32.2. The van der Waals surface area contributed by atoms with E-state index in [4.69, 9.17) is 9.47 Å². The van der Waals surface area contributed by atoms with Crippen LogP contribution in [0.2, 0.25) is 0 Å². The molecule has 1 atom stereocenters. The molecule has 2 aromatic carbocycles. The van der Waals surface area contributed by atoms with Crippen LogP contribution < -0.4 is 14.9 Å². The summed E-state index contributed by atoms with van der Waals surface area (Å²) in [6.07, 6.45) is 0.894. The van der Waals surface area contributed by atoms with Gasteiger partial charge >= 0.3 is 0 Å². The first-order valence-corrected chi connectivity index (χ1v) is 9.90. The average Bonchev–Trinajstić information content (AvgIpc) is 3.29. The summed E-state index contributed by atoms with van der Waals surface area (Å²) in [7, 11) is 1.69. The highest BCUT2D eigenvalue weighted by Crippen LogP contribution is 2.45.